The Kier molecular flexibility index (Phi) is 5.63. The molecule has 3 rings (SSSR count). The summed E-state index contributed by atoms with van der Waals surface area (Å²) < 4.78 is 14.4. The lowest BCUT2D eigenvalue weighted by molar-refractivity contribution is 0.196. The maximum absolute atomic E-state index is 6.15. The van der Waals surface area contributed by atoms with Gasteiger partial charge in [0.25, 0.3) is 0 Å². The highest BCUT2D eigenvalue weighted by molar-refractivity contribution is 9.10. The first-order valence-electron chi connectivity index (χ1n) is 8.55. The van der Waals surface area contributed by atoms with Crippen LogP contribution in [0.15, 0.2) is 27.9 Å². The molecule has 0 spiro atoms. The van der Waals surface area contributed by atoms with Gasteiger partial charge in [-0.2, -0.15) is 5.10 Å². The number of ether oxygens (including phenoxy) is 2. The first kappa shape index (κ1) is 17.8. The van der Waals surface area contributed by atoms with E-state index in [0.29, 0.717) is 12.6 Å². The third-order valence-corrected chi connectivity index (χ3v) is 4.80. The van der Waals surface area contributed by atoms with Crippen molar-refractivity contribution in [2.75, 3.05) is 12.3 Å². The van der Waals surface area contributed by atoms with E-state index >= 15 is 0 Å². The van der Waals surface area contributed by atoms with E-state index in [9.17, 15) is 0 Å². The fourth-order valence-electron chi connectivity index (χ4n) is 2.92. The topological polar surface area (TPSA) is 74.7 Å². The van der Waals surface area contributed by atoms with Gasteiger partial charge in [0.05, 0.1) is 30.8 Å². The van der Waals surface area contributed by atoms with Gasteiger partial charge >= 0.3 is 0 Å². The Hall–Kier alpha value is -2.02. The molecule has 7 heteroatoms. The molecule has 0 radical (unpaired) electrons. The summed E-state index contributed by atoms with van der Waals surface area (Å²) in [5.74, 6) is 1.86. The van der Waals surface area contributed by atoms with Crippen molar-refractivity contribution in [2.24, 2.45) is 5.10 Å². The van der Waals surface area contributed by atoms with Crippen molar-refractivity contribution in [3.05, 3.63) is 34.1 Å². The molecule has 1 aromatic heterocycles. The van der Waals surface area contributed by atoms with Crippen LogP contribution >= 0.6 is 15.9 Å². The van der Waals surface area contributed by atoms with E-state index < -0.39 is 0 Å². The van der Waals surface area contributed by atoms with Crippen LogP contribution in [0.1, 0.15) is 43.9 Å². The van der Waals surface area contributed by atoms with Gasteiger partial charge in [-0.05, 0) is 67.6 Å². The van der Waals surface area contributed by atoms with Gasteiger partial charge in [-0.1, -0.05) is 0 Å². The number of nitrogens with two attached hydrogens (primary N) is 1. The maximum atomic E-state index is 6.15. The Bertz CT molecular complexity index is 767. The minimum absolute atomic E-state index is 0.277. The van der Waals surface area contributed by atoms with E-state index in [4.69, 9.17) is 15.2 Å². The third kappa shape index (κ3) is 4.34. The second-order valence-corrected chi connectivity index (χ2v) is 6.96. The molecule has 1 saturated carbocycles. The van der Waals surface area contributed by atoms with Crippen LogP contribution in [0.2, 0.25) is 0 Å². The van der Waals surface area contributed by atoms with Gasteiger partial charge in [-0.25, -0.2) is 9.66 Å². The summed E-state index contributed by atoms with van der Waals surface area (Å²) in [6.07, 6.45) is 8.44. The van der Waals surface area contributed by atoms with Crippen molar-refractivity contribution in [1.29, 1.82) is 0 Å². The van der Waals surface area contributed by atoms with Gasteiger partial charge in [0.15, 0.2) is 11.5 Å². The Balaban J connectivity index is 1.86. The van der Waals surface area contributed by atoms with Crippen molar-refractivity contribution in [1.82, 2.24) is 9.66 Å². The molecule has 0 amide bonds. The molecule has 1 heterocycles. The number of hydrogen-bond donors (Lipinski definition) is 1. The molecular weight excluding hydrogens is 384 g/mol. The molecule has 1 fully saturated rings. The number of aryl methyl sites for hydroxylation is 1. The van der Waals surface area contributed by atoms with Crippen molar-refractivity contribution >= 4 is 28.1 Å². The number of benzene rings is 1. The standard InChI is InChI=1S/C18H23BrN4O2/c1-3-24-16-8-13(10-21-23-11-12(2)22-18(23)20)15(19)9-17(16)25-14-6-4-5-7-14/h8-11,14H,3-7H2,1-2H3,(H2,20,22). The number of rotatable bonds is 6. The summed E-state index contributed by atoms with van der Waals surface area (Å²) in [5, 5.41) is 4.37. The summed E-state index contributed by atoms with van der Waals surface area (Å²) in [4.78, 5) is 4.13. The monoisotopic (exact) mass is 406 g/mol. The number of aromatic nitrogens is 2. The van der Waals surface area contributed by atoms with Crippen LogP contribution in [0.25, 0.3) is 0 Å². The molecule has 1 aliphatic rings. The van der Waals surface area contributed by atoms with Crippen LogP contribution in [0.3, 0.4) is 0 Å². The minimum Gasteiger partial charge on any atom is -0.490 e. The molecule has 0 unspecified atom stereocenters. The fourth-order valence-corrected chi connectivity index (χ4v) is 3.34. The first-order chi connectivity index (χ1) is 12.1. The summed E-state index contributed by atoms with van der Waals surface area (Å²) in [7, 11) is 0. The summed E-state index contributed by atoms with van der Waals surface area (Å²) in [5.41, 5.74) is 7.52. The van der Waals surface area contributed by atoms with Gasteiger partial charge < -0.3 is 15.2 Å². The van der Waals surface area contributed by atoms with E-state index in [1.807, 2.05) is 26.0 Å². The van der Waals surface area contributed by atoms with E-state index in [1.54, 1.807) is 17.1 Å². The number of imidazole rings is 1. The number of nitrogen functional groups attached to an aromatic ring is 1. The summed E-state index contributed by atoms with van der Waals surface area (Å²) >= 11 is 3.60. The molecule has 0 aliphatic heterocycles. The lowest BCUT2D eigenvalue weighted by Crippen LogP contribution is -2.12. The van der Waals surface area contributed by atoms with Crippen molar-refractivity contribution in [3.8, 4) is 11.5 Å². The van der Waals surface area contributed by atoms with E-state index in [2.05, 4.69) is 26.0 Å². The molecular formula is C18H23BrN4O2. The zero-order chi connectivity index (χ0) is 17.8. The van der Waals surface area contributed by atoms with Crippen LogP contribution in [0.5, 0.6) is 11.5 Å². The van der Waals surface area contributed by atoms with Gasteiger partial charge in [0.2, 0.25) is 5.95 Å². The van der Waals surface area contributed by atoms with Gasteiger partial charge in [-0.3, -0.25) is 0 Å². The van der Waals surface area contributed by atoms with Crippen LogP contribution in [-0.4, -0.2) is 28.6 Å². The van der Waals surface area contributed by atoms with Gasteiger partial charge in [-0.15, -0.1) is 0 Å². The highest BCUT2D eigenvalue weighted by Gasteiger charge is 2.19. The van der Waals surface area contributed by atoms with E-state index in [0.717, 1.165) is 40.1 Å². The molecule has 1 aliphatic carbocycles. The molecule has 0 saturated heterocycles. The lowest BCUT2D eigenvalue weighted by Gasteiger charge is -2.17. The summed E-state index contributed by atoms with van der Waals surface area (Å²) in [6, 6.07) is 3.88. The predicted octanol–water partition coefficient (Wildman–Crippen LogP) is 4.14. The number of nitrogens with zero attached hydrogens (tertiary/aromatic N) is 3. The van der Waals surface area contributed by atoms with Crippen LogP contribution in [0.4, 0.5) is 5.95 Å². The van der Waals surface area contributed by atoms with E-state index in [1.165, 1.54) is 12.8 Å². The zero-order valence-corrected chi connectivity index (χ0v) is 16.1. The average molecular weight is 407 g/mol. The van der Waals surface area contributed by atoms with E-state index in [-0.39, 0.29) is 6.10 Å². The first-order valence-corrected chi connectivity index (χ1v) is 9.35. The predicted molar refractivity (Wildman–Crippen MR) is 103 cm³/mol. The minimum atomic E-state index is 0.277. The second-order valence-electron chi connectivity index (χ2n) is 6.11. The molecule has 0 bridgehead atoms. The van der Waals surface area contributed by atoms with Crippen molar-refractivity contribution in [3.63, 3.8) is 0 Å². The number of anilines is 1. The number of halogens is 1. The van der Waals surface area contributed by atoms with Gasteiger partial charge in [0.1, 0.15) is 0 Å². The normalized spacial score (nSPS) is 15.2. The average Bonchev–Trinajstić information content (AvgIpc) is 3.18. The molecule has 25 heavy (non-hydrogen) atoms. The lowest BCUT2D eigenvalue weighted by atomic mass is 10.2. The Morgan fingerprint density at radius 3 is 2.76 bits per heavy atom. The smallest absolute Gasteiger partial charge is 0.221 e. The van der Waals surface area contributed by atoms with Gasteiger partial charge in [0, 0.05) is 10.0 Å². The molecule has 2 aromatic rings. The molecule has 1 aromatic carbocycles. The Morgan fingerprint density at radius 2 is 2.12 bits per heavy atom. The maximum Gasteiger partial charge on any atom is 0.221 e. The molecule has 6 nitrogen and oxygen atoms in total. The molecule has 0 atom stereocenters. The van der Waals surface area contributed by atoms with Crippen molar-refractivity contribution < 1.29 is 9.47 Å². The third-order valence-electron chi connectivity index (χ3n) is 4.11. The summed E-state index contributed by atoms with van der Waals surface area (Å²) in [6.45, 7) is 4.41. The Labute approximate surface area is 156 Å². The number of hydrogen-bond acceptors (Lipinski definition) is 5. The highest BCUT2D eigenvalue weighted by atomic mass is 79.9. The van der Waals surface area contributed by atoms with Crippen molar-refractivity contribution in [2.45, 2.75) is 45.6 Å². The zero-order valence-electron chi connectivity index (χ0n) is 14.5. The highest BCUT2D eigenvalue weighted by Crippen LogP contribution is 2.36. The quantitative estimate of drug-likeness (QED) is 0.731. The van der Waals surface area contributed by atoms with Crippen LogP contribution in [0, 0.1) is 6.92 Å². The SMILES string of the molecule is CCOc1cc(C=Nn2cc(C)nc2N)c(Br)cc1OC1CCCC1. The molecule has 134 valence electrons. The molecule has 2 N–H and O–H groups in total. The van der Waals surface area contributed by atoms with Crippen LogP contribution in [-0.2, 0) is 0 Å². The largest absolute Gasteiger partial charge is 0.490 e. The Morgan fingerprint density at radius 1 is 1.36 bits per heavy atom. The fraction of sp³-hybridized carbons (Fsp3) is 0.444. The second kappa shape index (κ2) is 7.91. The van der Waals surface area contributed by atoms with Crippen LogP contribution < -0.4 is 15.2 Å².